The number of fused-ring (bicyclic) bond motifs is 9. The Morgan fingerprint density at radius 3 is 1.60 bits per heavy atom. The molecule has 12 aromatic rings. The van der Waals surface area contributed by atoms with Gasteiger partial charge in [-0.3, -0.25) is 0 Å². The van der Waals surface area contributed by atoms with E-state index >= 15 is 0 Å². The van der Waals surface area contributed by atoms with E-state index in [1.165, 1.54) is 32.6 Å². The van der Waals surface area contributed by atoms with Crippen molar-refractivity contribution in [2.75, 3.05) is 4.90 Å². The summed E-state index contributed by atoms with van der Waals surface area (Å²) in [6.07, 6.45) is 0. The molecule has 0 bridgehead atoms. The van der Waals surface area contributed by atoms with Crippen molar-refractivity contribution in [2.45, 2.75) is 0 Å². The van der Waals surface area contributed by atoms with Gasteiger partial charge in [-0.15, -0.1) is 0 Å². The highest BCUT2D eigenvalue weighted by molar-refractivity contribution is 6.13. The van der Waals surface area contributed by atoms with Gasteiger partial charge in [0.15, 0.2) is 0 Å². The molecule has 0 radical (unpaired) electrons. The summed E-state index contributed by atoms with van der Waals surface area (Å²) in [5.41, 5.74) is 14.2. The van der Waals surface area contributed by atoms with Gasteiger partial charge < -0.3 is 18.5 Å². The minimum atomic E-state index is 0.906. The van der Waals surface area contributed by atoms with Gasteiger partial charge in [0.2, 0.25) is 0 Å². The molecule has 0 saturated heterocycles. The van der Waals surface area contributed by atoms with E-state index in [0.29, 0.717) is 0 Å². The molecule has 9 aromatic carbocycles. The fourth-order valence-electron chi connectivity index (χ4n) is 9.12. The fourth-order valence-corrected chi connectivity index (χ4v) is 9.12. The van der Waals surface area contributed by atoms with Crippen LogP contribution in [0.15, 0.2) is 217 Å². The van der Waals surface area contributed by atoms with Gasteiger partial charge in [-0.05, 0) is 84.4 Å². The average molecular weight is 742 g/mol. The number of aromatic nitrogens is 2. The first-order valence-corrected chi connectivity index (χ1v) is 19.8. The molecule has 0 unspecified atom stereocenters. The molecule has 0 amide bonds. The van der Waals surface area contributed by atoms with Crippen LogP contribution in [0, 0.1) is 0 Å². The number of benzene rings is 9. The van der Waals surface area contributed by atoms with Crippen molar-refractivity contribution in [3.8, 4) is 22.5 Å². The third-order valence-corrected chi connectivity index (χ3v) is 11.7. The van der Waals surface area contributed by atoms with Crippen LogP contribution < -0.4 is 4.90 Å². The van der Waals surface area contributed by atoms with Gasteiger partial charge in [-0.25, -0.2) is 0 Å². The van der Waals surface area contributed by atoms with E-state index in [2.05, 4.69) is 214 Å². The van der Waals surface area contributed by atoms with E-state index in [-0.39, 0.29) is 0 Å². The lowest BCUT2D eigenvalue weighted by molar-refractivity contribution is 0.670. The maximum absolute atomic E-state index is 6.42. The quantitative estimate of drug-likeness (QED) is 0.170. The van der Waals surface area contributed by atoms with Gasteiger partial charge in [0.1, 0.15) is 11.2 Å². The Labute approximate surface area is 334 Å². The molecule has 0 aliphatic carbocycles. The number of para-hydroxylation sites is 6. The largest absolute Gasteiger partial charge is 0.455 e. The van der Waals surface area contributed by atoms with Crippen molar-refractivity contribution in [3.05, 3.63) is 212 Å². The number of nitrogens with zero attached hydrogens (tertiary/aromatic N) is 3. The molecule has 3 heterocycles. The highest BCUT2D eigenvalue weighted by atomic mass is 16.3. The topological polar surface area (TPSA) is 26.2 Å². The van der Waals surface area contributed by atoms with Crippen molar-refractivity contribution in [3.63, 3.8) is 0 Å². The van der Waals surface area contributed by atoms with E-state index in [9.17, 15) is 0 Å². The third-order valence-electron chi connectivity index (χ3n) is 11.7. The predicted molar refractivity (Wildman–Crippen MR) is 243 cm³/mol. The second-order valence-corrected chi connectivity index (χ2v) is 14.9. The Balaban J connectivity index is 1.04. The molecule has 3 aromatic heterocycles. The van der Waals surface area contributed by atoms with E-state index in [4.69, 9.17) is 4.42 Å². The molecule has 0 spiro atoms. The lowest BCUT2D eigenvalue weighted by Gasteiger charge is -2.26. The van der Waals surface area contributed by atoms with Crippen molar-refractivity contribution >= 4 is 82.6 Å². The minimum Gasteiger partial charge on any atom is -0.455 e. The maximum atomic E-state index is 6.42. The summed E-state index contributed by atoms with van der Waals surface area (Å²) in [6, 6.07) is 76.2. The highest BCUT2D eigenvalue weighted by Gasteiger charge is 2.20. The van der Waals surface area contributed by atoms with Crippen LogP contribution in [-0.2, 0) is 0 Å². The molecule has 0 fully saturated rings. The van der Waals surface area contributed by atoms with E-state index < -0.39 is 0 Å². The van der Waals surface area contributed by atoms with Gasteiger partial charge in [0, 0.05) is 66.3 Å². The predicted octanol–water partition coefficient (Wildman–Crippen LogP) is 14.9. The standard InChI is InChI=1S/C54H35N3O/c1-3-14-37(15-4-1)55(39-28-26-36(27-29-39)42-21-13-22-48-47-20-9-12-25-53(47)58-54(42)48)40-30-32-45-46-33-31-41(35-52(46)56(51(45)34-40)38-16-5-2-6-17-38)57-49-23-10-7-18-43(49)44-19-8-11-24-50(44)57/h1-35H. The van der Waals surface area contributed by atoms with Gasteiger partial charge >= 0.3 is 0 Å². The second kappa shape index (κ2) is 12.9. The Bertz CT molecular complexity index is 3450. The summed E-state index contributed by atoms with van der Waals surface area (Å²) < 4.78 is 11.2. The van der Waals surface area contributed by atoms with E-state index in [1.807, 2.05) is 12.1 Å². The summed E-state index contributed by atoms with van der Waals surface area (Å²) in [5.74, 6) is 0. The zero-order valence-electron chi connectivity index (χ0n) is 31.5. The lowest BCUT2D eigenvalue weighted by Crippen LogP contribution is -2.10. The van der Waals surface area contributed by atoms with Crippen LogP contribution in [0.4, 0.5) is 17.1 Å². The molecule has 0 atom stereocenters. The molecule has 272 valence electrons. The summed E-state index contributed by atoms with van der Waals surface area (Å²) in [6.45, 7) is 0. The molecule has 4 nitrogen and oxygen atoms in total. The number of hydrogen-bond acceptors (Lipinski definition) is 2. The normalized spacial score (nSPS) is 11.8. The van der Waals surface area contributed by atoms with Crippen LogP contribution in [0.5, 0.6) is 0 Å². The molecule has 0 N–H and O–H groups in total. The van der Waals surface area contributed by atoms with Crippen molar-refractivity contribution in [1.29, 1.82) is 0 Å². The molecular formula is C54H35N3O. The zero-order valence-corrected chi connectivity index (χ0v) is 31.5. The summed E-state index contributed by atoms with van der Waals surface area (Å²) in [5, 5.41) is 7.20. The third kappa shape index (κ3) is 4.95. The van der Waals surface area contributed by atoms with E-state index in [1.54, 1.807) is 0 Å². The first-order valence-electron chi connectivity index (χ1n) is 19.8. The van der Waals surface area contributed by atoms with Gasteiger partial charge in [0.05, 0.1) is 22.1 Å². The Kier molecular flexibility index (Phi) is 7.20. The monoisotopic (exact) mass is 741 g/mol. The number of anilines is 3. The van der Waals surface area contributed by atoms with Crippen molar-refractivity contribution in [2.24, 2.45) is 0 Å². The van der Waals surface area contributed by atoms with Crippen LogP contribution in [0.1, 0.15) is 0 Å². The highest BCUT2D eigenvalue weighted by Crippen LogP contribution is 2.42. The number of furan rings is 1. The van der Waals surface area contributed by atoms with Gasteiger partial charge in [-0.1, -0.05) is 133 Å². The Hall–Kier alpha value is -7.82. The van der Waals surface area contributed by atoms with Crippen LogP contribution in [-0.4, -0.2) is 9.13 Å². The zero-order chi connectivity index (χ0) is 38.2. The van der Waals surface area contributed by atoms with Crippen LogP contribution in [0.3, 0.4) is 0 Å². The number of hydrogen-bond donors (Lipinski definition) is 0. The first kappa shape index (κ1) is 32.4. The fraction of sp³-hybridized carbons (Fsp3) is 0. The molecule has 0 aliphatic rings. The summed E-state index contributed by atoms with van der Waals surface area (Å²) in [7, 11) is 0. The van der Waals surface area contributed by atoms with Crippen molar-refractivity contribution in [1.82, 2.24) is 9.13 Å². The average Bonchev–Trinajstić information content (AvgIpc) is 3.95. The smallest absolute Gasteiger partial charge is 0.143 e. The summed E-state index contributed by atoms with van der Waals surface area (Å²) in [4.78, 5) is 2.35. The van der Waals surface area contributed by atoms with Gasteiger partial charge in [-0.2, -0.15) is 0 Å². The van der Waals surface area contributed by atoms with Gasteiger partial charge in [0.25, 0.3) is 0 Å². The number of rotatable bonds is 6. The minimum absolute atomic E-state index is 0.906. The van der Waals surface area contributed by atoms with Crippen LogP contribution >= 0.6 is 0 Å². The molecule has 0 saturated carbocycles. The van der Waals surface area contributed by atoms with Crippen LogP contribution in [0.25, 0.3) is 88.1 Å². The molecule has 12 rings (SSSR count). The molecule has 0 aliphatic heterocycles. The Morgan fingerprint density at radius 1 is 0.328 bits per heavy atom. The maximum Gasteiger partial charge on any atom is 0.143 e. The van der Waals surface area contributed by atoms with E-state index in [0.717, 1.165) is 72.5 Å². The Morgan fingerprint density at radius 2 is 0.862 bits per heavy atom. The molecular weight excluding hydrogens is 707 g/mol. The summed E-state index contributed by atoms with van der Waals surface area (Å²) >= 11 is 0. The van der Waals surface area contributed by atoms with Crippen LogP contribution in [0.2, 0.25) is 0 Å². The SMILES string of the molecule is c1ccc(N(c2ccc(-c3cccc4c3oc3ccccc34)cc2)c2ccc3c4ccc(-n5c6ccccc6c6ccccc65)cc4n(-c4ccccc4)c3c2)cc1. The molecule has 58 heavy (non-hydrogen) atoms. The first-order chi connectivity index (χ1) is 28.8. The molecule has 4 heteroatoms. The van der Waals surface area contributed by atoms with Crippen molar-refractivity contribution < 1.29 is 4.42 Å². The second-order valence-electron chi connectivity index (χ2n) is 14.9. The lowest BCUT2D eigenvalue weighted by atomic mass is 10.0.